The van der Waals surface area contributed by atoms with Crippen LogP contribution in [0.3, 0.4) is 0 Å². The van der Waals surface area contributed by atoms with Gasteiger partial charge in [-0.15, -0.1) is 0 Å². The summed E-state index contributed by atoms with van der Waals surface area (Å²) in [6, 6.07) is 7.25. The summed E-state index contributed by atoms with van der Waals surface area (Å²) in [4.78, 5) is 12.1. The van der Waals surface area contributed by atoms with Gasteiger partial charge in [-0.25, -0.2) is 0 Å². The van der Waals surface area contributed by atoms with E-state index in [0.717, 1.165) is 0 Å². The maximum absolute atomic E-state index is 12.1. The van der Waals surface area contributed by atoms with E-state index in [9.17, 15) is 25.8 Å². The molecule has 108 valence electrons. The average molecular weight is 284 g/mol. The fourth-order valence-corrected chi connectivity index (χ4v) is 3.04. The lowest BCUT2D eigenvalue weighted by atomic mass is 9.51. The van der Waals surface area contributed by atoms with E-state index in [1.807, 2.05) is 12.1 Å². The molecule has 0 spiro atoms. The molecule has 0 N–H and O–H groups in total. The van der Waals surface area contributed by atoms with E-state index < -0.39 is 22.9 Å². The zero-order chi connectivity index (χ0) is 16.1. The topological polar surface area (TPSA) is 121 Å². The largest absolute Gasteiger partial charge is 0.376 e. The Labute approximate surface area is 124 Å². The summed E-state index contributed by atoms with van der Waals surface area (Å²) in [6.07, 6.45) is -0.125. The number of nitrogens with zero attached hydrogens (tertiary/aromatic N) is 4. The molecular formula is C15H16N4O2. The Kier molecular flexibility index (Phi) is 5.04. The van der Waals surface area contributed by atoms with Gasteiger partial charge < -0.3 is 4.74 Å². The molecule has 0 bridgehead atoms. The van der Waals surface area contributed by atoms with Crippen molar-refractivity contribution >= 4 is 5.78 Å². The molecule has 1 saturated carbocycles. The summed E-state index contributed by atoms with van der Waals surface area (Å²) < 4.78 is 5.44. The van der Waals surface area contributed by atoms with E-state index >= 15 is 0 Å². The second-order valence-corrected chi connectivity index (χ2v) is 4.96. The molecule has 1 aliphatic rings. The number of ether oxygens (including phenoxy) is 1. The van der Waals surface area contributed by atoms with Crippen LogP contribution in [0, 0.1) is 62.1 Å². The predicted molar refractivity (Wildman–Crippen MR) is 70.8 cm³/mol. The summed E-state index contributed by atoms with van der Waals surface area (Å²) in [5.41, 5.74) is -3.96. The lowest BCUT2D eigenvalue weighted by Crippen LogP contribution is -2.57. The molecule has 0 saturated heterocycles. The van der Waals surface area contributed by atoms with Crippen LogP contribution in [0.25, 0.3) is 0 Å². The van der Waals surface area contributed by atoms with E-state index in [1.165, 1.54) is 0 Å². The van der Waals surface area contributed by atoms with E-state index in [2.05, 4.69) is 0 Å². The smallest absolute Gasteiger partial charge is 0.201 e. The molecule has 1 fully saturated rings. The minimum absolute atomic E-state index is 0.155. The van der Waals surface area contributed by atoms with Gasteiger partial charge in [-0.2, -0.15) is 21.0 Å². The van der Waals surface area contributed by atoms with Crippen LogP contribution in [0.4, 0.5) is 0 Å². The van der Waals surface area contributed by atoms with Crippen LogP contribution in [-0.4, -0.2) is 18.5 Å². The molecule has 21 heavy (non-hydrogen) atoms. The van der Waals surface area contributed by atoms with E-state index in [0.29, 0.717) is 6.42 Å². The molecule has 0 heterocycles. The van der Waals surface area contributed by atoms with Gasteiger partial charge in [0.2, 0.25) is 5.41 Å². The van der Waals surface area contributed by atoms with Gasteiger partial charge >= 0.3 is 0 Å². The van der Waals surface area contributed by atoms with Gasteiger partial charge in [-0.05, 0) is 19.8 Å². The lowest BCUT2D eigenvalue weighted by Gasteiger charge is -2.45. The first-order valence-electron chi connectivity index (χ1n) is 6.82. The molecule has 0 aliphatic heterocycles. The number of nitriles is 4. The highest BCUT2D eigenvalue weighted by molar-refractivity contribution is 5.83. The molecular weight excluding hydrogens is 268 g/mol. The maximum atomic E-state index is 12.1. The van der Waals surface area contributed by atoms with Crippen molar-refractivity contribution in [3.05, 3.63) is 0 Å². The second kappa shape index (κ2) is 6.36. The van der Waals surface area contributed by atoms with Gasteiger partial charge in [0.25, 0.3) is 0 Å². The number of rotatable bonds is 4. The zero-order valence-corrected chi connectivity index (χ0v) is 12.1. The third-order valence-electron chi connectivity index (χ3n) is 4.16. The number of hydrogen-bond acceptors (Lipinski definition) is 6. The highest BCUT2D eigenvalue weighted by Crippen LogP contribution is 2.54. The van der Waals surface area contributed by atoms with E-state index in [4.69, 9.17) is 4.74 Å². The Morgan fingerprint density at radius 3 is 1.95 bits per heavy atom. The Bertz CT molecular complexity index is 557. The number of ketones is 1. The van der Waals surface area contributed by atoms with Crippen LogP contribution in [0.2, 0.25) is 0 Å². The summed E-state index contributed by atoms with van der Waals surface area (Å²) in [7, 11) is 0. The Hall–Kier alpha value is -2.41. The van der Waals surface area contributed by atoms with Gasteiger partial charge in [-0.3, -0.25) is 4.79 Å². The van der Waals surface area contributed by atoms with Crippen molar-refractivity contribution < 1.29 is 9.53 Å². The molecule has 6 heteroatoms. The van der Waals surface area contributed by atoms with Crippen LogP contribution in [0.15, 0.2) is 0 Å². The van der Waals surface area contributed by atoms with Gasteiger partial charge in [0.1, 0.15) is 5.78 Å². The Morgan fingerprint density at radius 2 is 1.57 bits per heavy atom. The minimum Gasteiger partial charge on any atom is -0.376 e. The number of carbonyl (C=O) groups excluding carboxylic acids is 1. The van der Waals surface area contributed by atoms with Crippen molar-refractivity contribution in [2.75, 3.05) is 6.61 Å². The zero-order valence-electron chi connectivity index (χ0n) is 12.1. The molecule has 2 atom stereocenters. The molecule has 1 rings (SSSR count). The molecule has 0 aromatic heterocycles. The summed E-state index contributed by atoms with van der Waals surface area (Å²) in [6.45, 7) is 3.61. The van der Waals surface area contributed by atoms with Crippen molar-refractivity contribution in [2.24, 2.45) is 16.7 Å². The monoisotopic (exact) mass is 284 g/mol. The summed E-state index contributed by atoms with van der Waals surface area (Å²) in [5, 5.41) is 38.2. The fourth-order valence-electron chi connectivity index (χ4n) is 3.04. The van der Waals surface area contributed by atoms with E-state index in [-0.39, 0.29) is 25.2 Å². The highest BCUT2D eigenvalue weighted by atomic mass is 16.5. The van der Waals surface area contributed by atoms with Crippen molar-refractivity contribution in [3.63, 3.8) is 0 Å². The van der Waals surface area contributed by atoms with Crippen LogP contribution in [0.1, 0.15) is 33.1 Å². The predicted octanol–water partition coefficient (Wildman–Crippen LogP) is 1.85. The number of hydrogen-bond donors (Lipinski definition) is 0. The minimum atomic E-state index is -2.00. The second-order valence-electron chi connectivity index (χ2n) is 4.96. The third kappa shape index (κ3) is 2.15. The standard InChI is InChI=1S/C15H16N4O2/c1-3-12(20)11-5-6-13(21-4-2)15(9-18,10-19)14(11,7-16)8-17/h11,13H,3-6H2,1-2H3/t11-,13-/m0/s1. The molecule has 6 nitrogen and oxygen atoms in total. The first-order valence-corrected chi connectivity index (χ1v) is 6.82. The van der Waals surface area contributed by atoms with Crippen LogP contribution >= 0.6 is 0 Å². The van der Waals surface area contributed by atoms with Crippen LogP contribution in [0.5, 0.6) is 0 Å². The van der Waals surface area contributed by atoms with Gasteiger partial charge in [0, 0.05) is 13.0 Å². The van der Waals surface area contributed by atoms with Crippen molar-refractivity contribution in [2.45, 2.75) is 39.2 Å². The van der Waals surface area contributed by atoms with Crippen molar-refractivity contribution in [1.82, 2.24) is 0 Å². The molecule has 0 unspecified atom stereocenters. The van der Waals surface area contributed by atoms with Gasteiger partial charge in [0.15, 0.2) is 5.41 Å². The molecule has 0 amide bonds. The first kappa shape index (κ1) is 16.6. The maximum Gasteiger partial charge on any atom is 0.201 e. The summed E-state index contributed by atoms with van der Waals surface area (Å²) in [5.74, 6) is -1.21. The molecule has 1 aliphatic carbocycles. The fraction of sp³-hybridized carbons (Fsp3) is 0.667. The first-order chi connectivity index (χ1) is 10.0. The number of Topliss-reactive ketones (excluding diaryl/α,β-unsaturated/α-hetero) is 1. The molecule has 0 aromatic rings. The summed E-state index contributed by atoms with van der Waals surface area (Å²) >= 11 is 0. The SMILES string of the molecule is CCO[C@H]1CC[C@@H](C(=O)CC)C(C#N)(C#N)C1(C#N)C#N. The van der Waals surface area contributed by atoms with E-state index in [1.54, 1.807) is 26.0 Å². The third-order valence-corrected chi connectivity index (χ3v) is 4.16. The number of carbonyl (C=O) groups is 1. The molecule has 0 radical (unpaired) electrons. The Balaban J connectivity index is 3.57. The quantitative estimate of drug-likeness (QED) is 0.776. The Morgan fingerprint density at radius 1 is 1.05 bits per heavy atom. The average Bonchev–Trinajstić information content (AvgIpc) is 2.53. The van der Waals surface area contributed by atoms with Gasteiger partial charge in [-0.1, -0.05) is 6.92 Å². The van der Waals surface area contributed by atoms with Crippen molar-refractivity contribution in [3.8, 4) is 24.3 Å². The van der Waals surface area contributed by atoms with Crippen molar-refractivity contribution in [1.29, 1.82) is 21.0 Å². The van der Waals surface area contributed by atoms with Crippen LogP contribution in [-0.2, 0) is 9.53 Å². The lowest BCUT2D eigenvalue weighted by molar-refractivity contribution is -0.133. The van der Waals surface area contributed by atoms with Crippen LogP contribution < -0.4 is 0 Å². The molecule has 0 aromatic carbocycles. The normalized spacial score (nSPS) is 25.6. The van der Waals surface area contributed by atoms with Gasteiger partial charge in [0.05, 0.1) is 36.3 Å². The highest BCUT2D eigenvalue weighted by Gasteiger charge is 2.67.